The standard InChI is InChI=1S/C13H26N2O2/c1-5-6-12(9-10(2)16)11(3)13(17)15-8-7-14-4/h11-12,14H,5-9H2,1-4H3,(H,15,17). The van der Waals surface area contributed by atoms with Gasteiger partial charge in [-0.25, -0.2) is 0 Å². The van der Waals surface area contributed by atoms with Crippen molar-refractivity contribution in [3.63, 3.8) is 0 Å². The number of Topliss-reactive ketones (excluding diaryl/α,β-unsaturated/α-hetero) is 1. The van der Waals surface area contributed by atoms with Gasteiger partial charge in [0.1, 0.15) is 5.78 Å². The first-order chi connectivity index (χ1) is 8.02. The van der Waals surface area contributed by atoms with Gasteiger partial charge in [0, 0.05) is 25.4 Å². The monoisotopic (exact) mass is 242 g/mol. The summed E-state index contributed by atoms with van der Waals surface area (Å²) in [5.74, 6) is 0.307. The van der Waals surface area contributed by atoms with Crippen LogP contribution < -0.4 is 10.6 Å². The lowest BCUT2D eigenvalue weighted by molar-refractivity contribution is -0.127. The van der Waals surface area contributed by atoms with Crippen LogP contribution in [0.25, 0.3) is 0 Å². The Kier molecular flexibility index (Phi) is 8.68. The molecule has 4 nitrogen and oxygen atoms in total. The van der Waals surface area contributed by atoms with E-state index in [2.05, 4.69) is 17.6 Å². The summed E-state index contributed by atoms with van der Waals surface area (Å²) in [7, 11) is 1.85. The van der Waals surface area contributed by atoms with E-state index in [0.717, 1.165) is 19.4 Å². The zero-order valence-corrected chi connectivity index (χ0v) is 11.5. The molecule has 0 aliphatic heterocycles. The number of hydrogen-bond donors (Lipinski definition) is 2. The molecule has 17 heavy (non-hydrogen) atoms. The molecule has 2 unspecified atom stereocenters. The fraction of sp³-hybridized carbons (Fsp3) is 0.846. The summed E-state index contributed by atoms with van der Waals surface area (Å²) in [6.07, 6.45) is 2.45. The first kappa shape index (κ1) is 16.1. The van der Waals surface area contributed by atoms with Gasteiger partial charge >= 0.3 is 0 Å². The summed E-state index contributed by atoms with van der Waals surface area (Å²) in [6.45, 7) is 6.99. The Morgan fingerprint density at radius 2 is 1.88 bits per heavy atom. The van der Waals surface area contributed by atoms with Gasteiger partial charge in [-0.2, -0.15) is 0 Å². The van der Waals surface area contributed by atoms with Gasteiger partial charge in [-0.15, -0.1) is 0 Å². The fourth-order valence-corrected chi connectivity index (χ4v) is 1.95. The first-order valence-corrected chi connectivity index (χ1v) is 6.44. The van der Waals surface area contributed by atoms with E-state index in [9.17, 15) is 9.59 Å². The van der Waals surface area contributed by atoms with Crippen molar-refractivity contribution in [3.05, 3.63) is 0 Å². The molecule has 0 saturated carbocycles. The Bertz CT molecular complexity index is 242. The molecule has 2 N–H and O–H groups in total. The lowest BCUT2D eigenvalue weighted by Gasteiger charge is -2.22. The molecule has 0 aromatic heterocycles. The molecule has 0 rings (SSSR count). The quantitative estimate of drug-likeness (QED) is 0.600. The molecule has 100 valence electrons. The summed E-state index contributed by atoms with van der Waals surface area (Å²) in [6, 6.07) is 0. The largest absolute Gasteiger partial charge is 0.355 e. The molecule has 4 heteroatoms. The van der Waals surface area contributed by atoms with Gasteiger partial charge in [-0.1, -0.05) is 20.3 Å². The maximum atomic E-state index is 11.9. The lowest BCUT2D eigenvalue weighted by Crippen LogP contribution is -2.37. The minimum atomic E-state index is -0.0873. The average Bonchev–Trinajstić information content (AvgIpc) is 2.27. The molecule has 1 amide bonds. The van der Waals surface area contributed by atoms with Crippen LogP contribution in [0, 0.1) is 11.8 Å². The summed E-state index contributed by atoms with van der Waals surface area (Å²) in [4.78, 5) is 23.0. The van der Waals surface area contributed by atoms with Crippen LogP contribution in [0.3, 0.4) is 0 Å². The molecule has 0 aliphatic rings. The number of amides is 1. The molecule has 0 aromatic rings. The van der Waals surface area contributed by atoms with Crippen LogP contribution in [-0.4, -0.2) is 31.8 Å². The van der Waals surface area contributed by atoms with Crippen molar-refractivity contribution in [2.75, 3.05) is 20.1 Å². The van der Waals surface area contributed by atoms with Crippen molar-refractivity contribution in [1.82, 2.24) is 10.6 Å². The summed E-state index contributed by atoms with van der Waals surface area (Å²) in [5, 5.41) is 5.86. The number of hydrogen-bond acceptors (Lipinski definition) is 3. The third-order valence-electron chi connectivity index (χ3n) is 3.00. The zero-order valence-electron chi connectivity index (χ0n) is 11.5. The van der Waals surface area contributed by atoms with Crippen molar-refractivity contribution in [3.8, 4) is 0 Å². The van der Waals surface area contributed by atoms with Crippen LogP contribution in [0.15, 0.2) is 0 Å². The highest BCUT2D eigenvalue weighted by molar-refractivity contribution is 5.80. The Morgan fingerprint density at radius 1 is 1.24 bits per heavy atom. The molecule has 0 saturated heterocycles. The average molecular weight is 242 g/mol. The number of nitrogens with one attached hydrogen (secondary N) is 2. The first-order valence-electron chi connectivity index (χ1n) is 6.44. The van der Waals surface area contributed by atoms with E-state index in [1.165, 1.54) is 0 Å². The topological polar surface area (TPSA) is 58.2 Å². The van der Waals surface area contributed by atoms with Crippen molar-refractivity contribution >= 4 is 11.7 Å². The Balaban J connectivity index is 4.22. The molecule has 0 heterocycles. The zero-order chi connectivity index (χ0) is 13.3. The molecule has 0 aliphatic carbocycles. The van der Waals surface area contributed by atoms with Gasteiger partial charge in [-0.3, -0.25) is 4.79 Å². The highest BCUT2D eigenvalue weighted by atomic mass is 16.2. The van der Waals surface area contributed by atoms with Crippen molar-refractivity contribution < 1.29 is 9.59 Å². The van der Waals surface area contributed by atoms with Gasteiger partial charge in [-0.05, 0) is 26.3 Å². The minimum Gasteiger partial charge on any atom is -0.355 e. The lowest BCUT2D eigenvalue weighted by atomic mass is 9.85. The fourth-order valence-electron chi connectivity index (χ4n) is 1.95. The normalized spacial score (nSPS) is 14.1. The second-order valence-corrected chi connectivity index (χ2v) is 4.64. The van der Waals surface area contributed by atoms with E-state index < -0.39 is 0 Å². The predicted octanol–water partition coefficient (Wildman–Crippen LogP) is 1.35. The van der Waals surface area contributed by atoms with E-state index in [0.29, 0.717) is 13.0 Å². The van der Waals surface area contributed by atoms with E-state index in [1.807, 2.05) is 14.0 Å². The summed E-state index contributed by atoms with van der Waals surface area (Å²) >= 11 is 0. The number of likely N-dealkylation sites (N-methyl/N-ethyl adjacent to an activating group) is 1. The highest BCUT2D eigenvalue weighted by Crippen LogP contribution is 2.21. The number of ketones is 1. The van der Waals surface area contributed by atoms with E-state index in [4.69, 9.17) is 0 Å². The molecule has 0 radical (unpaired) electrons. The van der Waals surface area contributed by atoms with Crippen LogP contribution in [0.2, 0.25) is 0 Å². The Morgan fingerprint density at radius 3 is 2.35 bits per heavy atom. The number of carbonyl (C=O) groups excluding carboxylic acids is 2. The second kappa shape index (κ2) is 9.16. The molecule has 0 spiro atoms. The van der Waals surface area contributed by atoms with Crippen molar-refractivity contribution in [2.24, 2.45) is 11.8 Å². The van der Waals surface area contributed by atoms with Gasteiger partial charge in [0.2, 0.25) is 5.91 Å². The summed E-state index contributed by atoms with van der Waals surface area (Å²) in [5.41, 5.74) is 0. The van der Waals surface area contributed by atoms with Crippen LogP contribution in [0.5, 0.6) is 0 Å². The van der Waals surface area contributed by atoms with Gasteiger partial charge in [0.25, 0.3) is 0 Å². The molecule has 0 aromatic carbocycles. The molecule has 0 bridgehead atoms. The van der Waals surface area contributed by atoms with Crippen LogP contribution >= 0.6 is 0 Å². The van der Waals surface area contributed by atoms with Gasteiger partial charge in [0.15, 0.2) is 0 Å². The van der Waals surface area contributed by atoms with Crippen molar-refractivity contribution in [2.45, 2.75) is 40.0 Å². The Labute approximate surface area is 105 Å². The smallest absolute Gasteiger partial charge is 0.223 e. The van der Waals surface area contributed by atoms with Gasteiger partial charge in [0.05, 0.1) is 0 Å². The third-order valence-corrected chi connectivity index (χ3v) is 3.00. The second-order valence-electron chi connectivity index (χ2n) is 4.64. The van der Waals surface area contributed by atoms with Gasteiger partial charge < -0.3 is 15.4 Å². The molecule has 0 fully saturated rings. The number of carbonyl (C=O) groups is 2. The molecular formula is C13H26N2O2. The van der Waals surface area contributed by atoms with Crippen LogP contribution in [0.1, 0.15) is 40.0 Å². The SMILES string of the molecule is CCCC(CC(C)=O)C(C)C(=O)NCCNC. The van der Waals surface area contributed by atoms with Crippen LogP contribution in [-0.2, 0) is 9.59 Å². The maximum absolute atomic E-state index is 11.9. The minimum absolute atomic E-state index is 0.0555. The van der Waals surface area contributed by atoms with E-state index in [-0.39, 0.29) is 23.5 Å². The predicted molar refractivity (Wildman–Crippen MR) is 69.8 cm³/mol. The third kappa shape index (κ3) is 7.10. The molecular weight excluding hydrogens is 216 g/mol. The molecule has 2 atom stereocenters. The highest BCUT2D eigenvalue weighted by Gasteiger charge is 2.24. The van der Waals surface area contributed by atoms with E-state index >= 15 is 0 Å². The van der Waals surface area contributed by atoms with Crippen LogP contribution in [0.4, 0.5) is 0 Å². The Hall–Kier alpha value is -0.900. The summed E-state index contributed by atoms with van der Waals surface area (Å²) < 4.78 is 0. The van der Waals surface area contributed by atoms with E-state index in [1.54, 1.807) is 6.92 Å². The number of rotatable bonds is 9. The maximum Gasteiger partial charge on any atom is 0.223 e. The van der Waals surface area contributed by atoms with Crippen molar-refractivity contribution in [1.29, 1.82) is 0 Å².